The summed E-state index contributed by atoms with van der Waals surface area (Å²) < 4.78 is 8.87. The molecule has 2 aromatic carbocycles. The van der Waals surface area contributed by atoms with Gasteiger partial charge in [-0.15, -0.1) is 0 Å². The lowest BCUT2D eigenvalue weighted by atomic mass is 9.82. The van der Waals surface area contributed by atoms with Gasteiger partial charge in [0.15, 0.2) is 5.76 Å². The molecule has 0 saturated carbocycles. The van der Waals surface area contributed by atoms with Crippen LogP contribution in [-0.2, 0) is 37.8 Å². The molecule has 0 fully saturated rings. The fraction of sp³-hybridized carbons (Fsp3) is 0.185. The highest BCUT2D eigenvalue weighted by atomic mass is 16.4. The molecular formula is C27H20N4O5. The van der Waals surface area contributed by atoms with Crippen LogP contribution in [0.15, 0.2) is 47.2 Å². The first-order chi connectivity index (χ1) is 17.4. The number of benzene rings is 2. The van der Waals surface area contributed by atoms with E-state index < -0.39 is 5.97 Å². The van der Waals surface area contributed by atoms with Crippen LogP contribution in [0.2, 0.25) is 0 Å². The van der Waals surface area contributed by atoms with E-state index >= 15 is 0 Å². The summed E-state index contributed by atoms with van der Waals surface area (Å²) in [4.78, 5) is 38.2. The second kappa shape index (κ2) is 7.17. The molecule has 178 valence electrons. The number of carboxylic acids is 1. The van der Waals surface area contributed by atoms with Crippen molar-refractivity contribution < 1.29 is 23.9 Å². The Labute approximate surface area is 203 Å². The zero-order valence-corrected chi connectivity index (χ0v) is 19.3. The predicted octanol–water partition coefficient (Wildman–Crippen LogP) is 3.45. The number of aromatic nitrogens is 3. The maximum Gasteiger partial charge on any atom is 0.323 e. The van der Waals surface area contributed by atoms with Crippen molar-refractivity contribution in [3.63, 3.8) is 0 Å². The number of carbonyl (C=O) groups excluding carboxylic acids is 2. The molecule has 0 unspecified atom stereocenters. The van der Waals surface area contributed by atoms with Crippen molar-refractivity contribution in [3.05, 3.63) is 76.5 Å². The van der Waals surface area contributed by atoms with E-state index in [0.717, 1.165) is 44.2 Å². The molecule has 1 aliphatic heterocycles. The first kappa shape index (κ1) is 20.7. The van der Waals surface area contributed by atoms with Gasteiger partial charge in [-0.05, 0) is 54.3 Å². The van der Waals surface area contributed by atoms with Crippen molar-refractivity contribution in [3.8, 4) is 11.1 Å². The second-order valence-electron chi connectivity index (χ2n) is 9.29. The SMILES string of the molecule is Cn1cc2c(n1)CCc1c-2c2c(c3c4cc(C(=O)c5ccco5)ccc4n(CC(=O)O)c13)CNC2=O. The number of nitrogens with one attached hydrogen (secondary N) is 1. The topological polar surface area (TPSA) is 119 Å². The Morgan fingerprint density at radius 1 is 1.17 bits per heavy atom. The van der Waals surface area contributed by atoms with Crippen LogP contribution in [0.25, 0.3) is 32.9 Å². The van der Waals surface area contributed by atoms with Crippen molar-refractivity contribution in [1.82, 2.24) is 19.7 Å². The van der Waals surface area contributed by atoms with Crippen LogP contribution in [0.5, 0.6) is 0 Å². The van der Waals surface area contributed by atoms with Crippen LogP contribution in [0.1, 0.15) is 43.3 Å². The molecule has 0 radical (unpaired) electrons. The third-order valence-corrected chi connectivity index (χ3v) is 7.24. The van der Waals surface area contributed by atoms with E-state index in [2.05, 4.69) is 10.4 Å². The number of hydrogen-bond acceptors (Lipinski definition) is 5. The Kier molecular flexibility index (Phi) is 4.12. The van der Waals surface area contributed by atoms with Gasteiger partial charge in [0.2, 0.25) is 5.78 Å². The average molecular weight is 480 g/mol. The van der Waals surface area contributed by atoms with E-state index in [4.69, 9.17) is 4.42 Å². The lowest BCUT2D eigenvalue weighted by Crippen LogP contribution is -2.16. The summed E-state index contributed by atoms with van der Waals surface area (Å²) in [5.41, 5.74) is 7.00. The van der Waals surface area contributed by atoms with Crippen LogP contribution >= 0.6 is 0 Å². The van der Waals surface area contributed by atoms with Gasteiger partial charge in [-0.25, -0.2) is 0 Å². The minimum Gasteiger partial charge on any atom is -0.480 e. The highest BCUT2D eigenvalue weighted by Gasteiger charge is 2.35. The number of hydrogen-bond donors (Lipinski definition) is 2. The molecular weight excluding hydrogens is 460 g/mol. The highest BCUT2D eigenvalue weighted by molar-refractivity contribution is 6.21. The minimum atomic E-state index is -0.967. The molecule has 0 bridgehead atoms. The number of carbonyl (C=O) groups is 3. The fourth-order valence-electron chi connectivity index (χ4n) is 5.91. The first-order valence-electron chi connectivity index (χ1n) is 11.7. The Balaban J connectivity index is 1.62. The second-order valence-corrected chi connectivity index (χ2v) is 9.29. The van der Waals surface area contributed by atoms with Gasteiger partial charge in [0.25, 0.3) is 5.91 Å². The van der Waals surface area contributed by atoms with Crippen molar-refractivity contribution in [2.75, 3.05) is 0 Å². The predicted molar refractivity (Wildman–Crippen MR) is 130 cm³/mol. The minimum absolute atomic E-state index is 0.151. The standard InChI is InChI=1S/C27H20N4O5/c1-30-11-17-18(29-30)6-5-14-22(17)24-16(10-28-27(24)35)23-15-9-13(26(34)20-3-2-8-36-20)4-7-19(15)31(25(14)23)12-21(32)33/h2-4,7-9,11H,5-6,10,12H2,1H3,(H,28,35)(H,32,33). The van der Waals surface area contributed by atoms with E-state index in [1.165, 1.54) is 6.26 Å². The lowest BCUT2D eigenvalue weighted by molar-refractivity contribution is -0.137. The van der Waals surface area contributed by atoms with E-state index in [0.29, 0.717) is 36.0 Å². The van der Waals surface area contributed by atoms with Crippen LogP contribution in [0.4, 0.5) is 0 Å². The van der Waals surface area contributed by atoms with Gasteiger partial charge < -0.3 is 19.4 Å². The Bertz CT molecular complexity index is 1790. The maximum absolute atomic E-state index is 13.1. The molecule has 0 spiro atoms. The number of rotatable bonds is 4. The highest BCUT2D eigenvalue weighted by Crippen LogP contribution is 2.46. The fourth-order valence-corrected chi connectivity index (χ4v) is 5.91. The summed E-state index contributed by atoms with van der Waals surface area (Å²) in [7, 11) is 1.86. The Hall–Kier alpha value is -4.66. The maximum atomic E-state index is 13.1. The number of aliphatic carboxylic acids is 1. The molecule has 0 saturated heterocycles. The largest absolute Gasteiger partial charge is 0.480 e. The molecule has 9 heteroatoms. The molecule has 4 heterocycles. The van der Waals surface area contributed by atoms with Crippen LogP contribution < -0.4 is 5.32 Å². The third kappa shape index (κ3) is 2.70. The summed E-state index contributed by atoms with van der Waals surface area (Å²) in [6, 6.07) is 8.54. The molecule has 7 rings (SSSR count). The molecule has 5 aromatic rings. The smallest absolute Gasteiger partial charge is 0.323 e. The zero-order chi connectivity index (χ0) is 24.7. The van der Waals surface area contributed by atoms with Crippen LogP contribution in [0.3, 0.4) is 0 Å². The quantitative estimate of drug-likeness (QED) is 0.380. The zero-order valence-electron chi connectivity index (χ0n) is 19.3. The van der Waals surface area contributed by atoms with Crippen LogP contribution in [-0.4, -0.2) is 37.1 Å². The molecule has 9 nitrogen and oxygen atoms in total. The number of ketones is 1. The molecule has 36 heavy (non-hydrogen) atoms. The van der Waals surface area contributed by atoms with E-state index in [-0.39, 0.29) is 24.0 Å². The van der Waals surface area contributed by atoms with Crippen molar-refractivity contribution in [2.45, 2.75) is 25.9 Å². The lowest BCUT2D eigenvalue weighted by Gasteiger charge is -2.21. The van der Waals surface area contributed by atoms with Gasteiger partial charge in [-0.2, -0.15) is 5.10 Å². The summed E-state index contributed by atoms with van der Waals surface area (Å²) in [6.45, 7) is 0.0913. The van der Waals surface area contributed by atoms with Gasteiger partial charge in [0, 0.05) is 52.8 Å². The first-order valence-corrected chi connectivity index (χ1v) is 11.7. The third-order valence-electron chi connectivity index (χ3n) is 7.24. The molecule has 2 N–H and O–H groups in total. The number of carboxylic acid groups (broad SMARTS) is 1. The van der Waals surface area contributed by atoms with Gasteiger partial charge in [0.05, 0.1) is 23.0 Å². The molecule has 3 aromatic heterocycles. The Morgan fingerprint density at radius 3 is 2.81 bits per heavy atom. The molecule has 0 atom stereocenters. The van der Waals surface area contributed by atoms with Gasteiger partial charge >= 0.3 is 5.97 Å². The van der Waals surface area contributed by atoms with Gasteiger partial charge in [-0.1, -0.05) is 0 Å². The summed E-state index contributed by atoms with van der Waals surface area (Å²) >= 11 is 0. The van der Waals surface area contributed by atoms with E-state index in [9.17, 15) is 19.5 Å². The van der Waals surface area contributed by atoms with Crippen molar-refractivity contribution >= 4 is 39.5 Å². The van der Waals surface area contributed by atoms with Crippen LogP contribution in [0, 0.1) is 0 Å². The van der Waals surface area contributed by atoms with E-state index in [1.807, 2.05) is 13.2 Å². The number of nitrogens with zero attached hydrogens (tertiary/aromatic N) is 3. The normalized spacial score (nSPS) is 14.1. The van der Waals surface area contributed by atoms with Gasteiger partial charge in [0.1, 0.15) is 6.54 Å². The monoisotopic (exact) mass is 480 g/mol. The number of aryl methyl sites for hydroxylation is 3. The molecule has 2 aliphatic rings. The number of amides is 1. The molecule has 1 amide bonds. The average Bonchev–Trinajstić information content (AvgIpc) is 3.64. The Morgan fingerprint density at radius 2 is 2.03 bits per heavy atom. The number of fused-ring (bicyclic) bond motifs is 10. The summed E-state index contributed by atoms with van der Waals surface area (Å²) in [6.07, 6.45) is 4.70. The summed E-state index contributed by atoms with van der Waals surface area (Å²) in [5, 5.41) is 18.9. The number of furan rings is 1. The van der Waals surface area contributed by atoms with E-state index in [1.54, 1.807) is 39.6 Å². The van der Waals surface area contributed by atoms with Crippen molar-refractivity contribution in [2.24, 2.45) is 7.05 Å². The van der Waals surface area contributed by atoms with Crippen molar-refractivity contribution in [1.29, 1.82) is 0 Å². The van der Waals surface area contributed by atoms with Gasteiger partial charge in [-0.3, -0.25) is 19.1 Å². The molecule has 1 aliphatic carbocycles. The summed E-state index contributed by atoms with van der Waals surface area (Å²) in [5.74, 6) is -1.15.